The minimum absolute atomic E-state index is 0. The third-order valence-corrected chi connectivity index (χ3v) is 4.79. The lowest BCUT2D eigenvalue weighted by Crippen LogP contribution is -2.40. The largest absolute Gasteiger partial charge is 0.356 e. The van der Waals surface area contributed by atoms with Crippen molar-refractivity contribution in [3.05, 3.63) is 35.0 Å². The summed E-state index contributed by atoms with van der Waals surface area (Å²) in [6.07, 6.45) is 2.85. The summed E-state index contributed by atoms with van der Waals surface area (Å²) in [5, 5.41) is 8.64. The summed E-state index contributed by atoms with van der Waals surface area (Å²) in [6.45, 7) is 5.46. The van der Waals surface area contributed by atoms with Crippen molar-refractivity contribution in [2.75, 3.05) is 45.2 Å². The van der Waals surface area contributed by atoms with E-state index in [9.17, 15) is 4.79 Å². The highest BCUT2D eigenvalue weighted by Gasteiger charge is 2.04. The lowest BCUT2D eigenvalue weighted by Gasteiger charge is -2.13. The fourth-order valence-electron chi connectivity index (χ4n) is 1.63. The van der Waals surface area contributed by atoms with Crippen molar-refractivity contribution in [1.29, 1.82) is 0 Å². The van der Waals surface area contributed by atoms with Crippen LogP contribution in [0.25, 0.3) is 0 Å². The van der Waals surface area contributed by atoms with E-state index in [0.717, 1.165) is 31.0 Å². The number of halogens is 1. The van der Waals surface area contributed by atoms with Gasteiger partial charge in [0.1, 0.15) is 6.54 Å². The van der Waals surface area contributed by atoms with E-state index in [1.807, 2.05) is 17.8 Å². The molecule has 0 saturated carbocycles. The van der Waals surface area contributed by atoms with Gasteiger partial charge in [-0.1, -0.05) is 12.1 Å². The fraction of sp³-hybridized carbons (Fsp3) is 0.500. The van der Waals surface area contributed by atoms with Gasteiger partial charge in [0.25, 0.3) is 0 Å². The van der Waals surface area contributed by atoms with Crippen molar-refractivity contribution in [3.63, 3.8) is 0 Å². The summed E-state index contributed by atoms with van der Waals surface area (Å²) < 4.78 is 0. The van der Waals surface area contributed by atoms with E-state index in [1.54, 1.807) is 30.3 Å². The van der Waals surface area contributed by atoms with Gasteiger partial charge in [0.05, 0.1) is 0 Å². The first-order chi connectivity index (χ1) is 11.1. The molecular formula is C16H27IN4OS2. The Morgan fingerprint density at radius 2 is 2.17 bits per heavy atom. The number of carbonyl (C=O) groups excluding carboxylic acids is 1. The normalized spacial score (nSPS) is 10.7. The molecule has 0 bridgehead atoms. The van der Waals surface area contributed by atoms with Crippen molar-refractivity contribution < 1.29 is 4.79 Å². The van der Waals surface area contributed by atoms with Gasteiger partial charge in [-0.05, 0) is 17.9 Å². The van der Waals surface area contributed by atoms with Gasteiger partial charge in [0.15, 0.2) is 5.96 Å². The lowest BCUT2D eigenvalue weighted by atomic mass is 10.3. The van der Waals surface area contributed by atoms with Crippen molar-refractivity contribution >= 4 is 58.9 Å². The highest BCUT2D eigenvalue weighted by Crippen LogP contribution is 2.07. The third kappa shape index (κ3) is 10.9. The summed E-state index contributed by atoms with van der Waals surface area (Å²) in [7, 11) is 3.47. The minimum Gasteiger partial charge on any atom is -0.356 e. The van der Waals surface area contributed by atoms with Crippen molar-refractivity contribution in [2.24, 2.45) is 4.99 Å². The lowest BCUT2D eigenvalue weighted by molar-refractivity contribution is -0.127. The first-order valence-electron chi connectivity index (χ1n) is 7.57. The Hall–Kier alpha value is -0.740. The Morgan fingerprint density at radius 1 is 1.42 bits per heavy atom. The minimum atomic E-state index is -0.00890. The van der Waals surface area contributed by atoms with Gasteiger partial charge in [-0.15, -0.1) is 41.9 Å². The Morgan fingerprint density at radius 3 is 2.79 bits per heavy atom. The molecule has 0 atom stereocenters. The molecule has 1 heterocycles. The van der Waals surface area contributed by atoms with E-state index in [2.05, 4.69) is 39.7 Å². The molecule has 0 saturated heterocycles. The monoisotopic (exact) mass is 482 g/mol. The molecule has 0 aliphatic carbocycles. The molecule has 8 heteroatoms. The molecule has 24 heavy (non-hydrogen) atoms. The van der Waals surface area contributed by atoms with Gasteiger partial charge in [0, 0.05) is 43.6 Å². The van der Waals surface area contributed by atoms with E-state index in [-0.39, 0.29) is 36.4 Å². The van der Waals surface area contributed by atoms with Crippen LogP contribution in [0.3, 0.4) is 0 Å². The number of amides is 1. The molecule has 1 rings (SSSR count). The van der Waals surface area contributed by atoms with Gasteiger partial charge in [-0.2, -0.15) is 11.8 Å². The third-order valence-electron chi connectivity index (χ3n) is 2.89. The van der Waals surface area contributed by atoms with Gasteiger partial charge >= 0.3 is 0 Å². The molecule has 0 unspecified atom stereocenters. The zero-order chi connectivity index (χ0) is 16.9. The van der Waals surface area contributed by atoms with Crippen LogP contribution in [0.1, 0.15) is 4.88 Å². The number of hydrogen-bond donors (Lipinski definition) is 2. The molecule has 1 aromatic heterocycles. The number of aliphatic imine (C=N–C) groups is 1. The smallest absolute Gasteiger partial charge is 0.243 e. The standard InChI is InChI=1S/C16H26N4OS2.HI/c1-4-10-22-12-9-18-16(19-13-15(21)20(2)3)17-8-7-14-6-5-11-23-14;/h4-6,11H,1,7-10,12-13H2,2-3H3,(H2,17,18,19);1H. The molecule has 0 aromatic carbocycles. The van der Waals surface area contributed by atoms with Crippen LogP contribution in [-0.2, 0) is 11.2 Å². The number of hydrogen-bond acceptors (Lipinski definition) is 4. The summed E-state index contributed by atoms with van der Waals surface area (Å²) in [5.74, 6) is 2.60. The maximum Gasteiger partial charge on any atom is 0.243 e. The maximum atomic E-state index is 11.7. The number of nitrogens with one attached hydrogen (secondary N) is 2. The summed E-state index contributed by atoms with van der Waals surface area (Å²) >= 11 is 3.56. The van der Waals surface area contributed by atoms with Gasteiger partial charge < -0.3 is 15.5 Å². The van der Waals surface area contributed by atoms with Gasteiger partial charge in [0.2, 0.25) is 5.91 Å². The summed E-state index contributed by atoms with van der Waals surface area (Å²) in [5.41, 5.74) is 0. The van der Waals surface area contributed by atoms with E-state index < -0.39 is 0 Å². The second kappa shape index (κ2) is 14.6. The topological polar surface area (TPSA) is 56.7 Å². The van der Waals surface area contributed by atoms with Crippen LogP contribution in [0.15, 0.2) is 35.2 Å². The highest BCUT2D eigenvalue weighted by molar-refractivity contribution is 14.0. The number of guanidine groups is 1. The molecule has 2 N–H and O–H groups in total. The van der Waals surface area contributed by atoms with Crippen molar-refractivity contribution in [1.82, 2.24) is 15.5 Å². The second-order valence-electron chi connectivity index (χ2n) is 5.00. The maximum absolute atomic E-state index is 11.7. The van der Waals surface area contributed by atoms with Gasteiger partial charge in [-0.3, -0.25) is 4.79 Å². The predicted octanol–water partition coefficient (Wildman–Crippen LogP) is 2.45. The number of rotatable bonds is 10. The molecular weight excluding hydrogens is 455 g/mol. The van der Waals surface area contributed by atoms with Crippen LogP contribution in [0.4, 0.5) is 0 Å². The zero-order valence-corrected chi connectivity index (χ0v) is 18.2. The molecule has 0 spiro atoms. The summed E-state index contributed by atoms with van der Waals surface area (Å²) in [6, 6.07) is 4.18. The van der Waals surface area contributed by atoms with Crippen LogP contribution in [0.5, 0.6) is 0 Å². The van der Waals surface area contributed by atoms with E-state index >= 15 is 0 Å². The molecule has 0 aliphatic rings. The number of thiophene rings is 1. The average Bonchev–Trinajstić information content (AvgIpc) is 3.04. The van der Waals surface area contributed by atoms with E-state index in [0.29, 0.717) is 5.96 Å². The molecule has 136 valence electrons. The van der Waals surface area contributed by atoms with Crippen LogP contribution in [0.2, 0.25) is 0 Å². The van der Waals surface area contributed by atoms with Crippen LogP contribution < -0.4 is 10.6 Å². The van der Waals surface area contributed by atoms with Crippen molar-refractivity contribution in [3.8, 4) is 0 Å². The zero-order valence-electron chi connectivity index (χ0n) is 14.3. The quantitative estimate of drug-likeness (QED) is 0.177. The number of likely N-dealkylation sites (N-methyl/N-ethyl adjacent to an activating group) is 1. The highest BCUT2D eigenvalue weighted by atomic mass is 127. The number of thioether (sulfide) groups is 1. The molecule has 5 nitrogen and oxygen atoms in total. The van der Waals surface area contributed by atoms with Crippen LogP contribution >= 0.6 is 47.1 Å². The van der Waals surface area contributed by atoms with Crippen LogP contribution in [-0.4, -0.2) is 62.0 Å². The van der Waals surface area contributed by atoms with E-state index in [1.165, 1.54) is 4.88 Å². The van der Waals surface area contributed by atoms with Crippen LogP contribution in [0, 0.1) is 0 Å². The SMILES string of the molecule is C=CCSCCNC(=NCC(=O)N(C)C)NCCc1cccs1.I. The first kappa shape index (κ1) is 23.3. The molecule has 0 fully saturated rings. The fourth-order valence-corrected chi connectivity index (χ4v) is 2.92. The predicted molar refractivity (Wildman–Crippen MR) is 118 cm³/mol. The Labute approximate surface area is 170 Å². The number of carbonyl (C=O) groups is 1. The second-order valence-corrected chi connectivity index (χ2v) is 7.18. The Balaban J connectivity index is 0.00000529. The average molecular weight is 482 g/mol. The first-order valence-corrected chi connectivity index (χ1v) is 9.60. The molecule has 0 radical (unpaired) electrons. The number of nitrogens with zero attached hydrogens (tertiary/aromatic N) is 2. The molecule has 0 aliphatic heterocycles. The molecule has 1 amide bonds. The molecule has 1 aromatic rings. The van der Waals surface area contributed by atoms with E-state index in [4.69, 9.17) is 0 Å². The van der Waals surface area contributed by atoms with Crippen molar-refractivity contribution in [2.45, 2.75) is 6.42 Å². The van der Waals surface area contributed by atoms with Gasteiger partial charge in [-0.25, -0.2) is 4.99 Å². The Bertz CT molecular complexity index is 492. The summed E-state index contributed by atoms with van der Waals surface area (Å²) in [4.78, 5) is 18.9. The Kier molecular flexibility index (Phi) is 14.1.